The highest BCUT2D eigenvalue weighted by Gasteiger charge is 2.38. The van der Waals surface area contributed by atoms with Gasteiger partial charge in [0.25, 0.3) is 10.0 Å². The average molecular weight is 531 g/mol. The molecular formula is C24H29F3N2O6S. The minimum Gasteiger partial charge on any atom is -0.478 e. The molecule has 0 atom stereocenters. The summed E-state index contributed by atoms with van der Waals surface area (Å²) in [5.41, 5.74) is 2.90. The van der Waals surface area contributed by atoms with Gasteiger partial charge in [-0.3, -0.25) is 4.72 Å². The normalized spacial score (nSPS) is 14.6. The lowest BCUT2D eigenvalue weighted by Gasteiger charge is -2.28. The molecule has 198 valence electrons. The van der Waals surface area contributed by atoms with Crippen LogP contribution in [0.4, 0.5) is 24.5 Å². The molecule has 3 rings (SSSR count). The van der Waals surface area contributed by atoms with Gasteiger partial charge in [0.2, 0.25) is 0 Å². The van der Waals surface area contributed by atoms with E-state index in [0.29, 0.717) is 5.69 Å². The van der Waals surface area contributed by atoms with Crippen LogP contribution in [0.2, 0.25) is 0 Å². The van der Waals surface area contributed by atoms with Crippen molar-refractivity contribution in [2.24, 2.45) is 0 Å². The molecule has 36 heavy (non-hydrogen) atoms. The molecule has 1 fully saturated rings. The SMILES string of the molecule is Cc1ccc(S(=O)(=O)Nc2ccc(N3CCCCCCC3)c(C(=O)O)c2)cc1C.O=C(O)C(F)(F)F. The smallest absolute Gasteiger partial charge is 0.478 e. The summed E-state index contributed by atoms with van der Waals surface area (Å²) < 4.78 is 59.8. The number of carboxylic acids is 2. The number of aryl methyl sites for hydroxylation is 2. The average Bonchev–Trinajstić information content (AvgIpc) is 2.75. The predicted octanol–water partition coefficient (Wildman–Crippen LogP) is 5.21. The molecule has 0 unspecified atom stereocenters. The van der Waals surface area contributed by atoms with E-state index in [9.17, 15) is 31.5 Å². The second kappa shape index (κ2) is 12.1. The lowest BCUT2D eigenvalue weighted by atomic mass is 10.1. The number of aromatic carboxylic acids is 1. The molecule has 12 heteroatoms. The van der Waals surface area contributed by atoms with Crippen LogP contribution in [0.5, 0.6) is 0 Å². The van der Waals surface area contributed by atoms with Gasteiger partial charge in [0.05, 0.1) is 16.1 Å². The molecule has 1 heterocycles. The van der Waals surface area contributed by atoms with Crippen LogP contribution in [0.3, 0.4) is 0 Å². The van der Waals surface area contributed by atoms with Crippen LogP contribution in [0, 0.1) is 13.8 Å². The van der Waals surface area contributed by atoms with Crippen LogP contribution >= 0.6 is 0 Å². The molecule has 3 N–H and O–H groups in total. The number of hydrogen-bond donors (Lipinski definition) is 3. The number of hydrogen-bond acceptors (Lipinski definition) is 5. The second-order valence-corrected chi connectivity index (χ2v) is 10.1. The summed E-state index contributed by atoms with van der Waals surface area (Å²) in [6.07, 6.45) is 0.485. The van der Waals surface area contributed by atoms with Gasteiger partial charge in [-0.05, 0) is 68.1 Å². The van der Waals surface area contributed by atoms with Crippen LogP contribution in [-0.4, -0.2) is 49.8 Å². The molecule has 2 aromatic rings. The Bertz CT molecular complexity index is 1190. The number of nitrogens with zero attached hydrogens (tertiary/aromatic N) is 1. The summed E-state index contributed by atoms with van der Waals surface area (Å²) >= 11 is 0. The minimum absolute atomic E-state index is 0.117. The third kappa shape index (κ3) is 8.14. The van der Waals surface area contributed by atoms with Gasteiger partial charge >= 0.3 is 18.1 Å². The van der Waals surface area contributed by atoms with Crippen LogP contribution in [-0.2, 0) is 14.8 Å². The Balaban J connectivity index is 0.000000572. The first-order valence-electron chi connectivity index (χ1n) is 11.2. The minimum atomic E-state index is -5.08. The van der Waals surface area contributed by atoms with Crippen LogP contribution < -0.4 is 9.62 Å². The van der Waals surface area contributed by atoms with Crippen LogP contribution in [0.1, 0.15) is 53.6 Å². The van der Waals surface area contributed by atoms with Gasteiger partial charge in [0.15, 0.2) is 0 Å². The zero-order valence-electron chi connectivity index (χ0n) is 19.9. The van der Waals surface area contributed by atoms with Gasteiger partial charge < -0.3 is 15.1 Å². The monoisotopic (exact) mass is 530 g/mol. The number of halogens is 3. The van der Waals surface area contributed by atoms with Crippen molar-refractivity contribution in [3.05, 3.63) is 53.1 Å². The maximum absolute atomic E-state index is 12.7. The van der Waals surface area contributed by atoms with Gasteiger partial charge in [-0.25, -0.2) is 18.0 Å². The molecule has 1 aliphatic heterocycles. The summed E-state index contributed by atoms with van der Waals surface area (Å²) in [5.74, 6) is -3.82. The molecule has 0 saturated carbocycles. The summed E-state index contributed by atoms with van der Waals surface area (Å²) in [6.45, 7) is 5.40. The fraction of sp³-hybridized carbons (Fsp3) is 0.417. The van der Waals surface area contributed by atoms with E-state index in [1.165, 1.54) is 12.5 Å². The van der Waals surface area contributed by atoms with Crippen LogP contribution in [0.25, 0.3) is 0 Å². The third-order valence-corrected chi connectivity index (χ3v) is 7.09. The number of anilines is 2. The van der Waals surface area contributed by atoms with Crippen molar-refractivity contribution >= 4 is 33.3 Å². The fourth-order valence-corrected chi connectivity index (χ4v) is 4.76. The molecule has 0 bridgehead atoms. The first-order chi connectivity index (χ1) is 16.7. The molecule has 0 radical (unpaired) electrons. The van der Waals surface area contributed by atoms with E-state index in [0.717, 1.165) is 49.9 Å². The van der Waals surface area contributed by atoms with Crippen molar-refractivity contribution < 1.29 is 41.4 Å². The van der Waals surface area contributed by atoms with E-state index >= 15 is 0 Å². The molecular weight excluding hydrogens is 501 g/mol. The van der Waals surface area contributed by atoms with E-state index in [-0.39, 0.29) is 16.1 Å². The maximum atomic E-state index is 12.7. The zero-order valence-corrected chi connectivity index (χ0v) is 20.7. The first kappa shape index (κ1) is 29.0. The Hall–Kier alpha value is -3.28. The third-order valence-electron chi connectivity index (χ3n) is 5.71. The summed E-state index contributed by atoms with van der Waals surface area (Å²) in [6, 6.07) is 9.69. The summed E-state index contributed by atoms with van der Waals surface area (Å²) in [5, 5.41) is 16.9. The van der Waals surface area contributed by atoms with Crippen molar-refractivity contribution in [1.82, 2.24) is 0 Å². The Morgan fingerprint density at radius 1 is 0.889 bits per heavy atom. The summed E-state index contributed by atoms with van der Waals surface area (Å²) in [4.78, 5) is 23.0. The molecule has 0 spiro atoms. The number of aliphatic carboxylic acids is 1. The number of sulfonamides is 1. The quantitative estimate of drug-likeness (QED) is 0.485. The topological polar surface area (TPSA) is 124 Å². The highest BCUT2D eigenvalue weighted by molar-refractivity contribution is 7.92. The van der Waals surface area contributed by atoms with Gasteiger partial charge in [0, 0.05) is 18.8 Å². The zero-order chi connectivity index (χ0) is 27.1. The Morgan fingerprint density at radius 2 is 1.44 bits per heavy atom. The van der Waals surface area contributed by atoms with Crippen molar-refractivity contribution in [3.8, 4) is 0 Å². The lowest BCUT2D eigenvalue weighted by Crippen LogP contribution is -2.28. The van der Waals surface area contributed by atoms with E-state index in [1.807, 2.05) is 13.8 Å². The Labute approximate surface area is 207 Å². The van der Waals surface area contributed by atoms with E-state index in [1.54, 1.807) is 30.3 Å². The van der Waals surface area contributed by atoms with Gasteiger partial charge in [-0.15, -0.1) is 0 Å². The predicted molar refractivity (Wildman–Crippen MR) is 129 cm³/mol. The van der Waals surface area contributed by atoms with Crippen molar-refractivity contribution in [2.45, 2.75) is 57.0 Å². The van der Waals surface area contributed by atoms with Gasteiger partial charge in [-0.2, -0.15) is 13.2 Å². The van der Waals surface area contributed by atoms with Gasteiger partial charge in [0.1, 0.15) is 0 Å². The van der Waals surface area contributed by atoms with E-state index in [2.05, 4.69) is 9.62 Å². The number of benzene rings is 2. The Morgan fingerprint density at radius 3 is 1.94 bits per heavy atom. The molecule has 1 aliphatic rings. The van der Waals surface area contributed by atoms with E-state index in [4.69, 9.17) is 9.90 Å². The largest absolute Gasteiger partial charge is 0.490 e. The molecule has 0 amide bonds. The maximum Gasteiger partial charge on any atom is 0.490 e. The van der Waals surface area contributed by atoms with Crippen LogP contribution in [0.15, 0.2) is 41.3 Å². The number of carboxylic acid groups (broad SMARTS) is 2. The number of carbonyl (C=O) groups is 2. The number of nitrogens with one attached hydrogen (secondary N) is 1. The molecule has 0 aromatic heterocycles. The molecule has 2 aromatic carbocycles. The van der Waals surface area contributed by atoms with Crippen molar-refractivity contribution in [1.29, 1.82) is 0 Å². The van der Waals surface area contributed by atoms with Crippen molar-refractivity contribution in [3.63, 3.8) is 0 Å². The number of alkyl halides is 3. The first-order valence-corrected chi connectivity index (χ1v) is 12.7. The highest BCUT2D eigenvalue weighted by Crippen LogP contribution is 2.28. The second-order valence-electron chi connectivity index (χ2n) is 8.45. The Kier molecular flexibility index (Phi) is 9.74. The number of rotatable bonds is 5. The molecule has 8 nitrogen and oxygen atoms in total. The van der Waals surface area contributed by atoms with Gasteiger partial charge in [-0.1, -0.05) is 25.3 Å². The molecule has 1 saturated heterocycles. The summed E-state index contributed by atoms with van der Waals surface area (Å²) in [7, 11) is -3.80. The van der Waals surface area contributed by atoms with E-state index < -0.39 is 28.1 Å². The molecule has 0 aliphatic carbocycles. The highest BCUT2D eigenvalue weighted by atomic mass is 32.2. The lowest BCUT2D eigenvalue weighted by molar-refractivity contribution is -0.192. The standard InChI is InChI=1S/C22H28N2O4S.C2HF3O2/c1-16-8-10-19(14-17(16)2)29(27,28)23-18-9-11-21(20(15-18)22(25)26)24-12-6-4-3-5-7-13-24;3-2(4,5)1(6)7/h8-11,14-15,23H,3-7,12-13H2,1-2H3,(H,25,26);(H,6,7). The van der Waals surface area contributed by atoms with Crippen molar-refractivity contribution in [2.75, 3.05) is 22.7 Å². The fourth-order valence-electron chi connectivity index (χ4n) is 3.63.